The number of anilines is 1. The number of carbonyl (C=O) groups excluding carboxylic acids is 1. The number of esters is 1. The molecular formula is C13H16FNO3. The number of ether oxygens (including phenoxy) is 2. The predicted octanol–water partition coefficient (Wildman–Crippen LogP) is 2.52. The van der Waals surface area contributed by atoms with E-state index in [1.165, 1.54) is 6.07 Å². The lowest BCUT2D eigenvalue weighted by molar-refractivity contribution is 0.0525. The third-order valence-corrected chi connectivity index (χ3v) is 2.95. The minimum atomic E-state index is -0.562. The van der Waals surface area contributed by atoms with E-state index in [1.807, 2.05) is 0 Å². The molecule has 1 aliphatic carbocycles. The molecule has 0 aliphatic heterocycles. The highest BCUT2D eigenvalue weighted by Crippen LogP contribution is 2.30. The van der Waals surface area contributed by atoms with Gasteiger partial charge in [-0.05, 0) is 32.3 Å². The average molecular weight is 253 g/mol. The van der Waals surface area contributed by atoms with Gasteiger partial charge in [-0.15, -0.1) is 0 Å². The van der Waals surface area contributed by atoms with Crippen molar-refractivity contribution >= 4 is 11.7 Å². The van der Waals surface area contributed by atoms with Gasteiger partial charge < -0.3 is 15.2 Å². The molecule has 4 nitrogen and oxygen atoms in total. The zero-order valence-electron chi connectivity index (χ0n) is 10.2. The summed E-state index contributed by atoms with van der Waals surface area (Å²) < 4.78 is 24.0. The molecule has 1 aliphatic rings. The third kappa shape index (κ3) is 2.55. The summed E-state index contributed by atoms with van der Waals surface area (Å²) in [6, 6.07) is 2.42. The Labute approximate surface area is 105 Å². The molecule has 0 radical (unpaired) electrons. The Balaban J connectivity index is 2.23. The number of benzene rings is 1. The number of carbonyl (C=O) groups is 1. The fraction of sp³-hybridized carbons (Fsp3) is 0.462. The molecule has 0 atom stereocenters. The number of hydrogen-bond acceptors (Lipinski definition) is 4. The standard InChI is InChI=1S/C13H16FNO3/c1-2-17-13(16)9-6-12(10(14)7-11(9)15)18-8-4-3-5-8/h6-8H,2-5,15H2,1H3. The van der Waals surface area contributed by atoms with Crippen LogP contribution in [0.15, 0.2) is 12.1 Å². The van der Waals surface area contributed by atoms with Gasteiger partial charge in [0, 0.05) is 11.8 Å². The first-order valence-corrected chi connectivity index (χ1v) is 6.04. The van der Waals surface area contributed by atoms with Crippen molar-refractivity contribution in [2.45, 2.75) is 32.3 Å². The molecule has 0 spiro atoms. The predicted molar refractivity (Wildman–Crippen MR) is 65.0 cm³/mol. The molecule has 0 amide bonds. The van der Waals surface area contributed by atoms with E-state index in [4.69, 9.17) is 15.2 Å². The van der Waals surface area contributed by atoms with E-state index in [0.717, 1.165) is 25.3 Å². The van der Waals surface area contributed by atoms with Gasteiger partial charge >= 0.3 is 5.97 Å². The van der Waals surface area contributed by atoms with Gasteiger partial charge in [0.15, 0.2) is 11.6 Å². The molecule has 5 heteroatoms. The van der Waals surface area contributed by atoms with E-state index in [9.17, 15) is 9.18 Å². The van der Waals surface area contributed by atoms with Crippen LogP contribution in [-0.2, 0) is 4.74 Å². The van der Waals surface area contributed by atoms with Gasteiger partial charge in [-0.25, -0.2) is 9.18 Å². The lowest BCUT2D eigenvalue weighted by Crippen LogP contribution is -2.25. The van der Waals surface area contributed by atoms with Gasteiger partial charge in [0.1, 0.15) is 0 Å². The van der Waals surface area contributed by atoms with E-state index in [0.29, 0.717) is 0 Å². The lowest BCUT2D eigenvalue weighted by atomic mass is 9.96. The van der Waals surface area contributed by atoms with Crippen molar-refractivity contribution in [3.05, 3.63) is 23.5 Å². The highest BCUT2D eigenvalue weighted by molar-refractivity contribution is 5.95. The van der Waals surface area contributed by atoms with Crippen LogP contribution in [0.2, 0.25) is 0 Å². The fourth-order valence-corrected chi connectivity index (χ4v) is 1.71. The molecule has 0 heterocycles. The summed E-state index contributed by atoms with van der Waals surface area (Å²) in [7, 11) is 0. The van der Waals surface area contributed by atoms with E-state index < -0.39 is 11.8 Å². The van der Waals surface area contributed by atoms with Gasteiger partial charge in [0.2, 0.25) is 0 Å². The van der Waals surface area contributed by atoms with Crippen molar-refractivity contribution in [2.75, 3.05) is 12.3 Å². The zero-order valence-corrected chi connectivity index (χ0v) is 10.2. The minimum absolute atomic E-state index is 0.0400. The topological polar surface area (TPSA) is 61.5 Å². The van der Waals surface area contributed by atoms with Crippen molar-refractivity contribution in [2.24, 2.45) is 0 Å². The Hall–Kier alpha value is -1.78. The first-order valence-electron chi connectivity index (χ1n) is 6.04. The Morgan fingerprint density at radius 3 is 2.78 bits per heavy atom. The van der Waals surface area contributed by atoms with E-state index in [1.54, 1.807) is 6.92 Å². The van der Waals surface area contributed by atoms with Crippen LogP contribution in [0, 0.1) is 5.82 Å². The average Bonchev–Trinajstić information content (AvgIpc) is 2.25. The van der Waals surface area contributed by atoms with Crippen LogP contribution in [0.5, 0.6) is 5.75 Å². The smallest absolute Gasteiger partial charge is 0.340 e. The SMILES string of the molecule is CCOC(=O)c1cc(OC2CCC2)c(F)cc1N. The number of hydrogen-bond donors (Lipinski definition) is 1. The van der Waals surface area contributed by atoms with Crippen LogP contribution in [0.4, 0.5) is 10.1 Å². The largest absolute Gasteiger partial charge is 0.487 e. The van der Waals surface area contributed by atoms with Crippen molar-refractivity contribution in [1.82, 2.24) is 0 Å². The van der Waals surface area contributed by atoms with Gasteiger partial charge in [-0.2, -0.15) is 0 Å². The van der Waals surface area contributed by atoms with Crippen molar-refractivity contribution in [1.29, 1.82) is 0 Å². The summed E-state index contributed by atoms with van der Waals surface area (Å²) in [5.41, 5.74) is 5.81. The van der Waals surface area contributed by atoms with E-state index >= 15 is 0 Å². The molecule has 0 unspecified atom stereocenters. The van der Waals surface area contributed by atoms with Gasteiger partial charge in [0.25, 0.3) is 0 Å². The highest BCUT2D eigenvalue weighted by Gasteiger charge is 2.22. The summed E-state index contributed by atoms with van der Waals surface area (Å²) in [6.45, 7) is 1.94. The molecule has 0 bridgehead atoms. The monoisotopic (exact) mass is 253 g/mol. The Bertz CT molecular complexity index is 458. The Morgan fingerprint density at radius 2 is 2.22 bits per heavy atom. The summed E-state index contributed by atoms with van der Waals surface area (Å²) in [5.74, 6) is -1.04. The first kappa shape index (κ1) is 12.7. The second kappa shape index (κ2) is 5.25. The number of halogens is 1. The van der Waals surface area contributed by atoms with Crippen LogP contribution in [0.25, 0.3) is 0 Å². The zero-order chi connectivity index (χ0) is 13.1. The van der Waals surface area contributed by atoms with Gasteiger partial charge in [0.05, 0.1) is 18.3 Å². The maximum absolute atomic E-state index is 13.6. The van der Waals surface area contributed by atoms with Gasteiger partial charge in [-0.3, -0.25) is 0 Å². The van der Waals surface area contributed by atoms with Crippen LogP contribution < -0.4 is 10.5 Å². The van der Waals surface area contributed by atoms with Crippen molar-refractivity contribution in [3.63, 3.8) is 0 Å². The second-order valence-corrected chi connectivity index (χ2v) is 4.26. The number of rotatable bonds is 4. The van der Waals surface area contributed by atoms with E-state index in [2.05, 4.69) is 0 Å². The quantitative estimate of drug-likeness (QED) is 0.661. The third-order valence-electron chi connectivity index (χ3n) is 2.95. The second-order valence-electron chi connectivity index (χ2n) is 4.26. The highest BCUT2D eigenvalue weighted by atomic mass is 19.1. The molecule has 2 N–H and O–H groups in total. The van der Waals surface area contributed by atoms with Crippen LogP contribution in [-0.4, -0.2) is 18.7 Å². The maximum atomic E-state index is 13.6. The normalized spacial score (nSPS) is 15.0. The molecule has 2 rings (SSSR count). The molecule has 1 aromatic rings. The van der Waals surface area contributed by atoms with Crippen LogP contribution in [0.3, 0.4) is 0 Å². The molecule has 0 saturated heterocycles. The summed E-state index contributed by atoms with van der Waals surface area (Å²) in [4.78, 5) is 11.6. The maximum Gasteiger partial charge on any atom is 0.340 e. The Kier molecular flexibility index (Phi) is 3.69. The van der Waals surface area contributed by atoms with Crippen molar-refractivity contribution < 1.29 is 18.7 Å². The van der Waals surface area contributed by atoms with Crippen LogP contribution in [0.1, 0.15) is 36.5 Å². The summed E-state index contributed by atoms with van der Waals surface area (Å²) in [6.07, 6.45) is 2.96. The molecule has 0 aromatic heterocycles. The summed E-state index contributed by atoms with van der Waals surface area (Å²) >= 11 is 0. The molecule has 18 heavy (non-hydrogen) atoms. The molecule has 1 saturated carbocycles. The Morgan fingerprint density at radius 1 is 1.50 bits per heavy atom. The summed E-state index contributed by atoms with van der Waals surface area (Å²) in [5, 5.41) is 0. The van der Waals surface area contributed by atoms with E-state index in [-0.39, 0.29) is 29.7 Å². The molecule has 98 valence electrons. The minimum Gasteiger partial charge on any atom is -0.487 e. The number of nitrogens with two attached hydrogens (primary N) is 1. The number of nitrogen functional groups attached to an aromatic ring is 1. The fourth-order valence-electron chi connectivity index (χ4n) is 1.71. The van der Waals surface area contributed by atoms with Gasteiger partial charge in [-0.1, -0.05) is 0 Å². The molecule has 1 aromatic carbocycles. The molecular weight excluding hydrogens is 237 g/mol. The molecule has 1 fully saturated rings. The van der Waals surface area contributed by atoms with Crippen LogP contribution >= 0.6 is 0 Å². The first-order chi connectivity index (χ1) is 8.61. The lowest BCUT2D eigenvalue weighted by Gasteiger charge is -2.26. The van der Waals surface area contributed by atoms with Crippen molar-refractivity contribution in [3.8, 4) is 5.75 Å².